The van der Waals surface area contributed by atoms with Gasteiger partial charge in [0.1, 0.15) is 24.8 Å². The molecular weight excluding hydrogens is 428 g/mol. The quantitative estimate of drug-likeness (QED) is 0.422. The SMILES string of the molecule is O=C(c1cccc(OCc2ccc(F)cc2)c1)N1CCN(CCCOCC(F)(F)F)CC1. The van der Waals surface area contributed by atoms with Gasteiger partial charge in [0, 0.05) is 44.9 Å². The number of amides is 1. The largest absolute Gasteiger partial charge is 0.489 e. The van der Waals surface area contributed by atoms with Gasteiger partial charge in [0.2, 0.25) is 0 Å². The van der Waals surface area contributed by atoms with E-state index in [0.29, 0.717) is 50.5 Å². The molecule has 1 amide bonds. The Kier molecular flexibility index (Phi) is 8.46. The third kappa shape index (κ3) is 7.80. The number of hydrogen-bond donors (Lipinski definition) is 0. The molecule has 5 nitrogen and oxygen atoms in total. The summed E-state index contributed by atoms with van der Waals surface area (Å²) in [6.07, 6.45) is -3.78. The van der Waals surface area contributed by atoms with Crippen LogP contribution in [0.3, 0.4) is 0 Å². The van der Waals surface area contributed by atoms with Crippen LogP contribution < -0.4 is 4.74 Å². The Labute approximate surface area is 184 Å². The lowest BCUT2D eigenvalue weighted by Gasteiger charge is -2.34. The Balaban J connectivity index is 1.41. The third-order valence-corrected chi connectivity index (χ3v) is 5.09. The number of alkyl halides is 3. The summed E-state index contributed by atoms with van der Waals surface area (Å²) in [6.45, 7) is 2.14. The zero-order chi connectivity index (χ0) is 23.0. The summed E-state index contributed by atoms with van der Waals surface area (Å²) in [6, 6.07) is 13.0. The van der Waals surface area contributed by atoms with Gasteiger partial charge in [-0.05, 0) is 42.3 Å². The first-order valence-corrected chi connectivity index (χ1v) is 10.4. The van der Waals surface area contributed by atoms with Crippen LogP contribution in [0.15, 0.2) is 48.5 Å². The van der Waals surface area contributed by atoms with Crippen molar-refractivity contribution >= 4 is 5.91 Å². The molecule has 0 spiro atoms. The molecule has 174 valence electrons. The Bertz CT molecular complexity index is 866. The number of nitrogens with zero attached hydrogens (tertiary/aromatic N) is 2. The summed E-state index contributed by atoms with van der Waals surface area (Å²) in [4.78, 5) is 16.7. The standard InChI is InChI=1S/C23H26F4N2O3/c24-20-7-5-18(6-8-20)16-32-21-4-1-3-19(15-21)22(30)29-12-10-28(11-13-29)9-2-14-31-17-23(25,26)27/h1,3-8,15H,2,9-14,16-17H2. The molecule has 3 rings (SSSR count). The van der Waals surface area contributed by atoms with Gasteiger partial charge in [-0.25, -0.2) is 4.39 Å². The molecule has 2 aromatic carbocycles. The van der Waals surface area contributed by atoms with E-state index in [1.54, 1.807) is 41.3 Å². The summed E-state index contributed by atoms with van der Waals surface area (Å²) in [5, 5.41) is 0. The Morgan fingerprint density at radius 3 is 2.41 bits per heavy atom. The van der Waals surface area contributed by atoms with Crippen LogP contribution in [0.25, 0.3) is 0 Å². The maximum absolute atomic E-state index is 13.0. The molecule has 1 fully saturated rings. The molecular formula is C23H26F4N2O3. The lowest BCUT2D eigenvalue weighted by molar-refractivity contribution is -0.174. The molecule has 1 aliphatic rings. The van der Waals surface area contributed by atoms with E-state index < -0.39 is 12.8 Å². The van der Waals surface area contributed by atoms with Crippen LogP contribution in [0.5, 0.6) is 5.75 Å². The maximum atomic E-state index is 13.0. The predicted octanol–water partition coefficient (Wildman–Crippen LogP) is 4.13. The molecule has 9 heteroatoms. The highest BCUT2D eigenvalue weighted by Crippen LogP contribution is 2.18. The monoisotopic (exact) mass is 454 g/mol. The van der Waals surface area contributed by atoms with Crippen molar-refractivity contribution in [2.75, 3.05) is 45.9 Å². The minimum absolute atomic E-state index is 0.0589. The van der Waals surface area contributed by atoms with E-state index in [-0.39, 0.29) is 24.9 Å². The first-order valence-electron chi connectivity index (χ1n) is 10.4. The molecule has 0 aliphatic carbocycles. The summed E-state index contributed by atoms with van der Waals surface area (Å²) in [7, 11) is 0. The topological polar surface area (TPSA) is 42.0 Å². The van der Waals surface area contributed by atoms with Crippen molar-refractivity contribution in [3.63, 3.8) is 0 Å². The van der Waals surface area contributed by atoms with E-state index in [4.69, 9.17) is 4.74 Å². The minimum Gasteiger partial charge on any atom is -0.489 e. The second-order valence-corrected chi connectivity index (χ2v) is 7.60. The normalized spacial score (nSPS) is 15.1. The molecule has 0 bridgehead atoms. The Morgan fingerprint density at radius 1 is 1.00 bits per heavy atom. The second kappa shape index (κ2) is 11.3. The molecule has 0 atom stereocenters. The van der Waals surface area contributed by atoms with Crippen molar-refractivity contribution in [3.05, 3.63) is 65.5 Å². The van der Waals surface area contributed by atoms with E-state index in [2.05, 4.69) is 9.64 Å². The average Bonchev–Trinajstić information content (AvgIpc) is 2.78. The van der Waals surface area contributed by atoms with Crippen LogP contribution in [0.2, 0.25) is 0 Å². The molecule has 0 unspecified atom stereocenters. The van der Waals surface area contributed by atoms with Crippen molar-refractivity contribution < 1.29 is 31.8 Å². The summed E-state index contributed by atoms with van der Waals surface area (Å²) in [5.41, 5.74) is 1.35. The van der Waals surface area contributed by atoms with E-state index in [0.717, 1.165) is 5.56 Å². The highest BCUT2D eigenvalue weighted by atomic mass is 19.4. The van der Waals surface area contributed by atoms with Crippen LogP contribution in [-0.4, -0.2) is 67.8 Å². The zero-order valence-electron chi connectivity index (χ0n) is 17.6. The van der Waals surface area contributed by atoms with Gasteiger partial charge in [0.25, 0.3) is 5.91 Å². The number of carbonyl (C=O) groups is 1. The van der Waals surface area contributed by atoms with Gasteiger partial charge >= 0.3 is 6.18 Å². The molecule has 1 saturated heterocycles. The highest BCUT2D eigenvalue weighted by molar-refractivity contribution is 5.94. The van der Waals surface area contributed by atoms with Crippen LogP contribution in [0.1, 0.15) is 22.3 Å². The molecule has 2 aromatic rings. The fourth-order valence-corrected chi connectivity index (χ4v) is 3.40. The van der Waals surface area contributed by atoms with E-state index in [9.17, 15) is 22.4 Å². The molecule has 0 saturated carbocycles. The number of piperazine rings is 1. The van der Waals surface area contributed by atoms with E-state index in [1.165, 1.54) is 12.1 Å². The fourth-order valence-electron chi connectivity index (χ4n) is 3.40. The van der Waals surface area contributed by atoms with E-state index in [1.807, 2.05) is 0 Å². The van der Waals surface area contributed by atoms with Gasteiger partial charge in [-0.15, -0.1) is 0 Å². The van der Waals surface area contributed by atoms with Crippen molar-refractivity contribution in [2.24, 2.45) is 0 Å². The van der Waals surface area contributed by atoms with Crippen molar-refractivity contribution in [2.45, 2.75) is 19.2 Å². The van der Waals surface area contributed by atoms with E-state index >= 15 is 0 Å². The van der Waals surface area contributed by atoms with Gasteiger partial charge < -0.3 is 14.4 Å². The number of ether oxygens (including phenoxy) is 2. The minimum atomic E-state index is -4.30. The smallest absolute Gasteiger partial charge is 0.411 e. The molecule has 0 N–H and O–H groups in total. The summed E-state index contributed by atoms with van der Waals surface area (Å²) in [5.74, 6) is 0.152. The molecule has 0 aromatic heterocycles. The van der Waals surface area contributed by atoms with Crippen LogP contribution in [-0.2, 0) is 11.3 Å². The number of rotatable bonds is 9. The number of halogens is 4. The average molecular weight is 454 g/mol. The van der Waals surface area contributed by atoms with Crippen LogP contribution >= 0.6 is 0 Å². The van der Waals surface area contributed by atoms with Gasteiger partial charge in [0.15, 0.2) is 0 Å². The van der Waals surface area contributed by atoms with Gasteiger partial charge in [0.05, 0.1) is 0 Å². The maximum Gasteiger partial charge on any atom is 0.411 e. The zero-order valence-corrected chi connectivity index (χ0v) is 17.6. The van der Waals surface area contributed by atoms with Crippen LogP contribution in [0.4, 0.5) is 17.6 Å². The van der Waals surface area contributed by atoms with Gasteiger partial charge in [-0.3, -0.25) is 9.69 Å². The number of hydrogen-bond acceptors (Lipinski definition) is 4. The summed E-state index contributed by atoms with van der Waals surface area (Å²) >= 11 is 0. The first-order chi connectivity index (χ1) is 15.3. The lowest BCUT2D eigenvalue weighted by atomic mass is 10.1. The highest BCUT2D eigenvalue weighted by Gasteiger charge is 2.27. The van der Waals surface area contributed by atoms with Crippen molar-refractivity contribution in [3.8, 4) is 5.75 Å². The molecule has 1 aliphatic heterocycles. The van der Waals surface area contributed by atoms with Gasteiger partial charge in [-0.2, -0.15) is 13.2 Å². The second-order valence-electron chi connectivity index (χ2n) is 7.60. The van der Waals surface area contributed by atoms with Crippen molar-refractivity contribution in [1.29, 1.82) is 0 Å². The molecule has 32 heavy (non-hydrogen) atoms. The number of carbonyl (C=O) groups excluding carboxylic acids is 1. The van der Waals surface area contributed by atoms with Gasteiger partial charge in [-0.1, -0.05) is 18.2 Å². The van der Waals surface area contributed by atoms with Crippen molar-refractivity contribution in [1.82, 2.24) is 9.80 Å². The molecule has 1 heterocycles. The Morgan fingerprint density at radius 2 is 1.72 bits per heavy atom. The van der Waals surface area contributed by atoms with Crippen LogP contribution in [0, 0.1) is 5.82 Å². The number of benzene rings is 2. The third-order valence-electron chi connectivity index (χ3n) is 5.09. The predicted molar refractivity (Wildman–Crippen MR) is 111 cm³/mol. The fraction of sp³-hybridized carbons (Fsp3) is 0.435. The first kappa shape index (κ1) is 24.0. The Hall–Kier alpha value is -2.65. The lowest BCUT2D eigenvalue weighted by Crippen LogP contribution is -2.49. The molecule has 0 radical (unpaired) electrons. The summed E-state index contributed by atoms with van der Waals surface area (Å²) < 4.78 is 59.5.